The highest BCUT2D eigenvalue weighted by Gasteiger charge is 2.47. The fourth-order valence-electron chi connectivity index (χ4n) is 4.08. The average molecular weight is 527 g/mol. The molecule has 1 aliphatic heterocycles. The summed E-state index contributed by atoms with van der Waals surface area (Å²) in [5.74, 6) is -5.81. The minimum absolute atomic E-state index is 0.108. The molecule has 9 nitrogen and oxygen atoms in total. The molecule has 200 valence electrons. The molecule has 0 bridgehead atoms. The van der Waals surface area contributed by atoms with Gasteiger partial charge in [0.1, 0.15) is 11.3 Å². The third kappa shape index (κ3) is 6.49. The van der Waals surface area contributed by atoms with Crippen LogP contribution in [0.3, 0.4) is 0 Å². The lowest BCUT2D eigenvalue weighted by Gasteiger charge is -2.43. The largest absolute Gasteiger partial charge is 0.480 e. The van der Waals surface area contributed by atoms with Crippen molar-refractivity contribution < 1.29 is 31.5 Å². The molecule has 0 aromatic carbocycles. The van der Waals surface area contributed by atoms with E-state index in [1.807, 2.05) is 0 Å². The fraction of sp³-hybridized carbons (Fsp3) is 0.435. The van der Waals surface area contributed by atoms with Crippen molar-refractivity contribution in [3.63, 3.8) is 0 Å². The quantitative estimate of drug-likeness (QED) is 0.356. The van der Waals surface area contributed by atoms with E-state index in [0.717, 1.165) is 12.0 Å². The number of amides is 1. The number of piperidine rings is 1. The van der Waals surface area contributed by atoms with Crippen LogP contribution in [0.4, 0.5) is 27.9 Å². The van der Waals surface area contributed by atoms with Crippen LogP contribution in [0.25, 0.3) is 5.57 Å². The number of nitrogens with zero attached hydrogens (tertiary/aromatic N) is 4. The molecule has 2 unspecified atom stereocenters. The molecule has 2 aromatic rings. The average Bonchev–Trinajstić information content (AvgIpc) is 2.84. The van der Waals surface area contributed by atoms with E-state index in [0.29, 0.717) is 11.9 Å². The molecule has 37 heavy (non-hydrogen) atoms. The molecule has 1 saturated heterocycles. The van der Waals surface area contributed by atoms with Crippen LogP contribution in [-0.2, 0) is 11.0 Å². The van der Waals surface area contributed by atoms with Gasteiger partial charge in [0.25, 0.3) is 11.8 Å². The highest BCUT2D eigenvalue weighted by molar-refractivity contribution is 6.54. The van der Waals surface area contributed by atoms with Gasteiger partial charge in [0.2, 0.25) is 11.8 Å². The number of carbonyl (C=O) groups excluding carboxylic acids is 1. The molecular weight excluding hydrogens is 501 g/mol. The van der Waals surface area contributed by atoms with Crippen LogP contribution in [0.2, 0.25) is 0 Å². The molecule has 2 aromatic heterocycles. The molecule has 3 rings (SSSR count). The summed E-state index contributed by atoms with van der Waals surface area (Å²) in [5.41, 5.74) is -1.31. The molecule has 1 fully saturated rings. The third-order valence-corrected chi connectivity index (χ3v) is 5.77. The summed E-state index contributed by atoms with van der Waals surface area (Å²) in [4.78, 5) is 25.8. The third-order valence-electron chi connectivity index (χ3n) is 5.77. The van der Waals surface area contributed by atoms with Gasteiger partial charge in [-0.1, -0.05) is 13.0 Å². The van der Waals surface area contributed by atoms with Gasteiger partial charge in [0.05, 0.1) is 25.4 Å². The number of hydrogen-bond donors (Lipinski definition) is 3. The summed E-state index contributed by atoms with van der Waals surface area (Å²) >= 11 is 0. The maximum Gasteiger partial charge on any atom is 0.423 e. The first-order valence-corrected chi connectivity index (χ1v) is 11.2. The van der Waals surface area contributed by atoms with E-state index in [1.165, 1.54) is 19.3 Å². The van der Waals surface area contributed by atoms with E-state index < -0.39 is 60.1 Å². The molecule has 1 aliphatic rings. The molecular formula is C23H26F5N7O2. The Morgan fingerprint density at radius 3 is 2.65 bits per heavy atom. The van der Waals surface area contributed by atoms with E-state index >= 15 is 0 Å². The van der Waals surface area contributed by atoms with E-state index in [9.17, 15) is 26.7 Å². The molecule has 2 atom stereocenters. The van der Waals surface area contributed by atoms with Gasteiger partial charge in [-0.25, -0.2) is 13.8 Å². The fourth-order valence-corrected chi connectivity index (χ4v) is 4.08. The molecule has 14 heteroatoms. The van der Waals surface area contributed by atoms with Crippen LogP contribution >= 0.6 is 0 Å². The number of anilines is 1. The Bertz CT molecular complexity index is 1160. The standard InChI is InChI=1S/C23H26F5N7O2/c1-13-8-22(24,25)12-35(20(36)18(29)14(9-30-2)16-6-4-5-7-31-16)17(13)11-33-21-32-10-15(23(26,27)28)19(34-21)37-3/h4-7,9-10,13,17,29-30H,8,11-12H2,1-3H3,(H,32,33,34)/b14-9-,29-18?. The van der Waals surface area contributed by atoms with Crippen molar-refractivity contribution >= 4 is 23.1 Å². The van der Waals surface area contributed by atoms with Gasteiger partial charge in [-0.3, -0.25) is 15.2 Å². The highest BCUT2D eigenvalue weighted by Crippen LogP contribution is 2.36. The summed E-state index contributed by atoms with van der Waals surface area (Å²) in [5, 5.41) is 13.9. The predicted molar refractivity (Wildman–Crippen MR) is 125 cm³/mol. The maximum atomic E-state index is 14.5. The Labute approximate surface area is 209 Å². The zero-order chi connectivity index (χ0) is 27.4. The summed E-state index contributed by atoms with van der Waals surface area (Å²) in [7, 11) is 2.58. The number of nitrogens with one attached hydrogen (secondary N) is 3. The first kappa shape index (κ1) is 27.7. The van der Waals surface area contributed by atoms with Crippen LogP contribution in [0, 0.1) is 11.3 Å². The van der Waals surface area contributed by atoms with Crippen LogP contribution in [0.5, 0.6) is 5.88 Å². The lowest BCUT2D eigenvalue weighted by molar-refractivity contribution is -0.145. The lowest BCUT2D eigenvalue weighted by atomic mass is 9.87. The Morgan fingerprint density at radius 2 is 2.05 bits per heavy atom. The Morgan fingerprint density at radius 1 is 1.32 bits per heavy atom. The van der Waals surface area contributed by atoms with E-state index in [2.05, 4.69) is 25.6 Å². The molecule has 1 amide bonds. The summed E-state index contributed by atoms with van der Waals surface area (Å²) in [6.07, 6.45) is -1.86. The minimum Gasteiger partial charge on any atom is -0.480 e. The van der Waals surface area contributed by atoms with Gasteiger partial charge >= 0.3 is 6.18 Å². The van der Waals surface area contributed by atoms with Crippen molar-refractivity contribution in [3.05, 3.63) is 48.1 Å². The summed E-state index contributed by atoms with van der Waals surface area (Å²) < 4.78 is 73.0. The highest BCUT2D eigenvalue weighted by atomic mass is 19.4. The van der Waals surface area contributed by atoms with Gasteiger partial charge in [-0.2, -0.15) is 18.2 Å². The number of methoxy groups -OCH3 is 1. The van der Waals surface area contributed by atoms with Crippen molar-refractivity contribution in [2.45, 2.75) is 31.5 Å². The first-order valence-electron chi connectivity index (χ1n) is 11.2. The molecule has 0 spiro atoms. The number of likely N-dealkylation sites (tertiary alicyclic amines) is 1. The molecule has 0 aliphatic carbocycles. The molecule has 0 saturated carbocycles. The number of halogens is 5. The van der Waals surface area contributed by atoms with Crippen molar-refractivity contribution in [2.24, 2.45) is 5.92 Å². The SMILES string of the molecule is CN/C=C(\C(=N)C(=O)N1CC(F)(F)CC(C)C1CNc1ncc(C(F)(F)F)c(OC)n1)c1ccccn1. The van der Waals surface area contributed by atoms with Crippen molar-refractivity contribution in [1.82, 2.24) is 25.2 Å². The summed E-state index contributed by atoms with van der Waals surface area (Å²) in [6.45, 7) is 0.442. The monoisotopic (exact) mass is 527 g/mol. The number of pyridine rings is 1. The maximum absolute atomic E-state index is 14.5. The number of rotatable bonds is 8. The smallest absolute Gasteiger partial charge is 0.423 e. The van der Waals surface area contributed by atoms with Crippen LogP contribution in [0.15, 0.2) is 36.8 Å². The van der Waals surface area contributed by atoms with Crippen LogP contribution < -0.4 is 15.4 Å². The predicted octanol–water partition coefficient (Wildman–Crippen LogP) is 3.46. The van der Waals surface area contributed by atoms with E-state index in [1.54, 1.807) is 25.2 Å². The number of carbonyl (C=O) groups is 1. The van der Waals surface area contributed by atoms with Crippen molar-refractivity contribution in [3.8, 4) is 5.88 Å². The van der Waals surface area contributed by atoms with Crippen molar-refractivity contribution in [2.75, 3.05) is 32.6 Å². The van der Waals surface area contributed by atoms with Crippen LogP contribution in [0.1, 0.15) is 24.6 Å². The second-order valence-electron chi connectivity index (χ2n) is 8.47. The van der Waals surface area contributed by atoms with Gasteiger partial charge in [-0.05, 0) is 18.1 Å². The number of aromatic nitrogens is 3. The first-order chi connectivity index (χ1) is 17.4. The van der Waals surface area contributed by atoms with Crippen LogP contribution in [-0.4, -0.2) is 70.7 Å². The van der Waals surface area contributed by atoms with Gasteiger partial charge in [-0.15, -0.1) is 0 Å². The zero-order valence-corrected chi connectivity index (χ0v) is 20.2. The van der Waals surface area contributed by atoms with E-state index in [-0.39, 0.29) is 18.1 Å². The Hall–Kier alpha value is -3.84. The van der Waals surface area contributed by atoms with Crippen molar-refractivity contribution in [1.29, 1.82) is 5.41 Å². The lowest BCUT2D eigenvalue weighted by Crippen LogP contribution is -2.59. The van der Waals surface area contributed by atoms with Gasteiger partial charge in [0, 0.05) is 44.2 Å². The van der Waals surface area contributed by atoms with Gasteiger partial charge in [0.15, 0.2) is 0 Å². The number of alkyl halides is 5. The Kier molecular flexibility index (Phi) is 8.28. The normalized spacial score (nSPS) is 19.8. The second kappa shape index (κ2) is 11.0. The number of ether oxygens (including phenoxy) is 1. The zero-order valence-electron chi connectivity index (χ0n) is 20.2. The Balaban J connectivity index is 1.87. The molecule has 3 N–H and O–H groups in total. The van der Waals surface area contributed by atoms with E-state index in [4.69, 9.17) is 10.1 Å². The van der Waals surface area contributed by atoms with Gasteiger partial charge < -0.3 is 20.3 Å². The second-order valence-corrected chi connectivity index (χ2v) is 8.47. The number of hydrogen-bond acceptors (Lipinski definition) is 8. The summed E-state index contributed by atoms with van der Waals surface area (Å²) in [6, 6.07) is 4.04. The molecule has 3 heterocycles. The minimum atomic E-state index is -4.73. The molecule has 0 radical (unpaired) electrons. The topological polar surface area (TPSA) is 116 Å².